The Morgan fingerprint density at radius 1 is 0.962 bits per heavy atom. The average molecular weight is 351 g/mol. The molecule has 6 nitrogen and oxygen atoms in total. The van der Waals surface area contributed by atoms with Crippen LogP contribution >= 0.6 is 0 Å². The second kappa shape index (κ2) is 7.74. The quantitative estimate of drug-likeness (QED) is 0.594. The van der Waals surface area contributed by atoms with Gasteiger partial charge in [-0.3, -0.25) is 5.32 Å². The van der Waals surface area contributed by atoms with Crippen LogP contribution in [0.2, 0.25) is 0 Å². The molecule has 0 unspecified atom stereocenters. The molecular formula is C20H21N3O3. The molecule has 6 heteroatoms. The molecule has 0 fully saturated rings. The smallest absolute Gasteiger partial charge is 0.362 e. The van der Waals surface area contributed by atoms with Crippen LogP contribution in [-0.4, -0.2) is 12.6 Å². The standard InChI is InChI=1S/C20H21N3O3/c1-3-13-9-11-14(12-10-13)22-20(25)23-18-17(21-4-2)15-7-5-6-8-16(15)26-19(18)24/h5-12,21H,3-4H2,1-2H3,(H2,22,23,25). The van der Waals surface area contributed by atoms with Crippen LogP contribution in [-0.2, 0) is 6.42 Å². The molecule has 1 aromatic heterocycles. The van der Waals surface area contributed by atoms with Crippen LogP contribution in [0.25, 0.3) is 11.0 Å². The number of carbonyl (C=O) groups excluding carboxylic acids is 1. The lowest BCUT2D eigenvalue weighted by atomic mass is 10.1. The lowest BCUT2D eigenvalue weighted by Gasteiger charge is -2.14. The van der Waals surface area contributed by atoms with Crippen LogP contribution in [0.5, 0.6) is 0 Å². The Morgan fingerprint density at radius 3 is 2.38 bits per heavy atom. The number of fused-ring (bicyclic) bond motifs is 1. The summed E-state index contributed by atoms with van der Waals surface area (Å²) in [6.07, 6.45) is 0.927. The van der Waals surface area contributed by atoms with Crippen LogP contribution in [0.4, 0.5) is 21.9 Å². The first-order chi connectivity index (χ1) is 12.6. The molecule has 0 saturated carbocycles. The van der Waals surface area contributed by atoms with E-state index in [1.165, 1.54) is 5.56 Å². The zero-order valence-electron chi connectivity index (χ0n) is 14.8. The van der Waals surface area contributed by atoms with Gasteiger partial charge in [0.1, 0.15) is 5.58 Å². The van der Waals surface area contributed by atoms with Crippen LogP contribution in [0, 0.1) is 0 Å². The van der Waals surface area contributed by atoms with E-state index in [0.717, 1.165) is 11.8 Å². The Morgan fingerprint density at radius 2 is 1.69 bits per heavy atom. The summed E-state index contributed by atoms with van der Waals surface area (Å²) in [5.41, 5.74) is 2.34. The Kier molecular flexibility index (Phi) is 5.22. The molecule has 2 aromatic carbocycles. The molecule has 3 rings (SSSR count). The Labute approximate surface area is 151 Å². The molecule has 0 atom stereocenters. The maximum absolute atomic E-state index is 12.4. The third-order valence-corrected chi connectivity index (χ3v) is 4.03. The Bertz CT molecular complexity index is 978. The van der Waals surface area contributed by atoms with Crippen LogP contribution < -0.4 is 21.6 Å². The van der Waals surface area contributed by atoms with Crippen molar-refractivity contribution >= 4 is 34.1 Å². The van der Waals surface area contributed by atoms with Crippen LogP contribution in [0.1, 0.15) is 19.4 Å². The van der Waals surface area contributed by atoms with Gasteiger partial charge in [-0.05, 0) is 43.2 Å². The number of amides is 2. The molecule has 2 amide bonds. The number of hydrogen-bond acceptors (Lipinski definition) is 4. The SMILES string of the molecule is CCNc1c(NC(=O)Nc2ccc(CC)cc2)c(=O)oc2ccccc12. The fourth-order valence-corrected chi connectivity index (χ4v) is 2.72. The summed E-state index contributed by atoms with van der Waals surface area (Å²) in [6, 6.07) is 14.2. The van der Waals surface area contributed by atoms with Crippen molar-refractivity contribution in [1.29, 1.82) is 0 Å². The van der Waals surface area contributed by atoms with Gasteiger partial charge in [-0.25, -0.2) is 9.59 Å². The molecule has 0 aliphatic heterocycles. The monoisotopic (exact) mass is 351 g/mol. The summed E-state index contributed by atoms with van der Waals surface area (Å²) < 4.78 is 5.32. The lowest BCUT2D eigenvalue weighted by molar-refractivity contribution is 0.262. The summed E-state index contributed by atoms with van der Waals surface area (Å²) in [7, 11) is 0. The largest absolute Gasteiger partial charge is 0.421 e. The molecule has 0 aliphatic rings. The summed E-state index contributed by atoms with van der Waals surface area (Å²) >= 11 is 0. The Hall–Kier alpha value is -3.28. The number of nitrogens with one attached hydrogen (secondary N) is 3. The average Bonchev–Trinajstić information content (AvgIpc) is 2.65. The van der Waals surface area contributed by atoms with E-state index in [1.54, 1.807) is 12.1 Å². The molecule has 3 N–H and O–H groups in total. The third-order valence-electron chi connectivity index (χ3n) is 4.03. The molecular weight excluding hydrogens is 330 g/mol. The number of aryl methyl sites for hydroxylation is 1. The first kappa shape index (κ1) is 17.5. The number of benzene rings is 2. The van der Waals surface area contributed by atoms with Gasteiger partial charge in [0.15, 0.2) is 5.69 Å². The molecule has 3 aromatic rings. The fourth-order valence-electron chi connectivity index (χ4n) is 2.72. The fraction of sp³-hybridized carbons (Fsp3) is 0.200. The molecule has 1 heterocycles. The number of anilines is 3. The normalized spacial score (nSPS) is 10.5. The van der Waals surface area contributed by atoms with Gasteiger partial charge in [-0.15, -0.1) is 0 Å². The molecule has 0 bridgehead atoms. The zero-order chi connectivity index (χ0) is 18.5. The number of rotatable bonds is 5. The van der Waals surface area contributed by atoms with Gasteiger partial charge in [0, 0.05) is 17.6 Å². The highest BCUT2D eigenvalue weighted by Gasteiger charge is 2.16. The van der Waals surface area contributed by atoms with Crippen molar-refractivity contribution in [1.82, 2.24) is 0 Å². The number of para-hydroxylation sites is 1. The minimum Gasteiger partial charge on any atom is -0.421 e. The van der Waals surface area contributed by atoms with E-state index in [1.807, 2.05) is 43.3 Å². The second-order valence-electron chi connectivity index (χ2n) is 5.80. The van der Waals surface area contributed by atoms with Gasteiger partial charge in [-0.2, -0.15) is 0 Å². The van der Waals surface area contributed by atoms with E-state index in [0.29, 0.717) is 23.5 Å². The first-order valence-corrected chi connectivity index (χ1v) is 8.59. The number of urea groups is 1. The Balaban J connectivity index is 1.89. The van der Waals surface area contributed by atoms with Crippen LogP contribution in [0.3, 0.4) is 0 Å². The van der Waals surface area contributed by atoms with Crippen molar-refractivity contribution in [2.45, 2.75) is 20.3 Å². The highest BCUT2D eigenvalue weighted by atomic mass is 16.4. The van der Waals surface area contributed by atoms with E-state index in [-0.39, 0.29) is 5.69 Å². The van der Waals surface area contributed by atoms with Gasteiger partial charge in [0.05, 0.1) is 5.69 Å². The van der Waals surface area contributed by atoms with Crippen molar-refractivity contribution in [3.05, 3.63) is 64.5 Å². The molecule has 0 spiro atoms. The van der Waals surface area contributed by atoms with Gasteiger partial charge >= 0.3 is 11.7 Å². The second-order valence-corrected chi connectivity index (χ2v) is 5.80. The maximum Gasteiger partial charge on any atom is 0.362 e. The highest BCUT2D eigenvalue weighted by molar-refractivity contribution is 6.05. The molecule has 0 saturated heterocycles. The third kappa shape index (κ3) is 3.69. The summed E-state index contributed by atoms with van der Waals surface area (Å²) in [5.74, 6) is 0. The summed E-state index contributed by atoms with van der Waals surface area (Å²) in [5, 5.41) is 9.22. The van der Waals surface area contributed by atoms with E-state index < -0.39 is 11.7 Å². The van der Waals surface area contributed by atoms with Gasteiger partial charge < -0.3 is 15.1 Å². The predicted octanol–water partition coefficient (Wildman–Crippen LogP) is 4.43. The molecule has 26 heavy (non-hydrogen) atoms. The van der Waals surface area contributed by atoms with Crippen molar-refractivity contribution in [2.75, 3.05) is 22.5 Å². The minimum absolute atomic E-state index is 0.0910. The van der Waals surface area contributed by atoms with Crippen LogP contribution in [0.15, 0.2) is 57.7 Å². The highest BCUT2D eigenvalue weighted by Crippen LogP contribution is 2.28. The van der Waals surface area contributed by atoms with E-state index >= 15 is 0 Å². The number of carbonyl (C=O) groups is 1. The van der Waals surface area contributed by atoms with Crippen molar-refractivity contribution in [3.8, 4) is 0 Å². The van der Waals surface area contributed by atoms with Gasteiger partial charge in [0.2, 0.25) is 0 Å². The summed E-state index contributed by atoms with van der Waals surface area (Å²) in [6.45, 7) is 4.58. The van der Waals surface area contributed by atoms with E-state index in [2.05, 4.69) is 22.9 Å². The molecule has 0 radical (unpaired) electrons. The van der Waals surface area contributed by atoms with E-state index in [4.69, 9.17) is 4.42 Å². The topological polar surface area (TPSA) is 83.4 Å². The van der Waals surface area contributed by atoms with Gasteiger partial charge in [0.25, 0.3) is 0 Å². The maximum atomic E-state index is 12.4. The first-order valence-electron chi connectivity index (χ1n) is 8.59. The number of hydrogen-bond donors (Lipinski definition) is 3. The molecule has 0 aliphatic carbocycles. The van der Waals surface area contributed by atoms with Crippen molar-refractivity contribution in [3.63, 3.8) is 0 Å². The van der Waals surface area contributed by atoms with E-state index in [9.17, 15) is 9.59 Å². The predicted molar refractivity (Wildman–Crippen MR) is 105 cm³/mol. The van der Waals surface area contributed by atoms with Gasteiger partial charge in [-0.1, -0.05) is 31.2 Å². The zero-order valence-corrected chi connectivity index (χ0v) is 14.8. The lowest BCUT2D eigenvalue weighted by Crippen LogP contribution is -2.24. The van der Waals surface area contributed by atoms with Crippen molar-refractivity contribution < 1.29 is 9.21 Å². The summed E-state index contributed by atoms with van der Waals surface area (Å²) in [4.78, 5) is 24.7. The molecule has 134 valence electrons. The minimum atomic E-state index is -0.601. The van der Waals surface area contributed by atoms with Crippen molar-refractivity contribution in [2.24, 2.45) is 0 Å².